The molecule has 1 aromatic heterocycles. The van der Waals surface area contributed by atoms with Crippen LogP contribution >= 0.6 is 0 Å². The van der Waals surface area contributed by atoms with Gasteiger partial charge in [0.05, 0.1) is 13.7 Å². The Hall–Kier alpha value is -2.43. The second-order valence-corrected chi connectivity index (χ2v) is 8.11. The molecule has 146 valence electrons. The highest BCUT2D eigenvalue weighted by Gasteiger charge is 2.31. The van der Waals surface area contributed by atoms with Crippen molar-refractivity contribution >= 4 is 21.7 Å². The molecule has 0 spiro atoms. The van der Waals surface area contributed by atoms with E-state index in [0.29, 0.717) is 43.5 Å². The lowest BCUT2D eigenvalue weighted by atomic mass is 10.3. The molecule has 9 nitrogen and oxygen atoms in total. The van der Waals surface area contributed by atoms with Crippen molar-refractivity contribution in [2.45, 2.75) is 11.8 Å². The number of hydrogen-bond acceptors (Lipinski definition) is 7. The van der Waals surface area contributed by atoms with Crippen LogP contribution in [0.15, 0.2) is 39.8 Å². The number of nitrogens with zero attached hydrogens (tertiary/aromatic N) is 3. The van der Waals surface area contributed by atoms with Crippen molar-refractivity contribution in [3.63, 3.8) is 0 Å². The quantitative estimate of drug-likeness (QED) is 0.777. The minimum Gasteiger partial charge on any atom is -0.495 e. The van der Waals surface area contributed by atoms with Gasteiger partial charge in [0.2, 0.25) is 15.9 Å². The van der Waals surface area contributed by atoms with Crippen LogP contribution < -0.4 is 10.1 Å². The fourth-order valence-corrected chi connectivity index (χ4v) is 4.49. The summed E-state index contributed by atoms with van der Waals surface area (Å²) in [5, 5.41) is 6.38. The Morgan fingerprint density at radius 1 is 1.26 bits per heavy atom. The molecule has 0 bridgehead atoms. The minimum absolute atomic E-state index is 0.153. The number of hydrogen-bond donors (Lipinski definition) is 1. The zero-order valence-electron chi connectivity index (χ0n) is 15.2. The topological polar surface area (TPSA) is 105 Å². The second-order valence-electron chi connectivity index (χ2n) is 6.20. The van der Waals surface area contributed by atoms with Crippen molar-refractivity contribution in [2.75, 3.05) is 45.2 Å². The predicted octanol–water partition coefficient (Wildman–Crippen LogP) is 0.937. The molecule has 0 unspecified atom stereocenters. The molecule has 0 atom stereocenters. The number of amides is 1. The summed E-state index contributed by atoms with van der Waals surface area (Å²) in [5.41, 5.74) is 0. The predicted molar refractivity (Wildman–Crippen MR) is 98.1 cm³/mol. The van der Waals surface area contributed by atoms with Crippen molar-refractivity contribution in [2.24, 2.45) is 0 Å². The molecule has 2 heterocycles. The van der Waals surface area contributed by atoms with Gasteiger partial charge in [0, 0.05) is 32.2 Å². The number of nitrogens with one attached hydrogen (secondary N) is 1. The molecule has 27 heavy (non-hydrogen) atoms. The third-order valence-corrected chi connectivity index (χ3v) is 6.22. The van der Waals surface area contributed by atoms with E-state index in [2.05, 4.69) is 10.5 Å². The molecule has 0 radical (unpaired) electrons. The zero-order valence-corrected chi connectivity index (χ0v) is 16.0. The normalized spacial score (nSPS) is 16.2. The number of anilines is 1. The third kappa shape index (κ3) is 4.46. The maximum atomic E-state index is 12.9. The molecule has 1 fully saturated rings. The van der Waals surface area contributed by atoms with Gasteiger partial charge >= 0.3 is 0 Å². The summed E-state index contributed by atoms with van der Waals surface area (Å²) >= 11 is 0. The highest BCUT2D eigenvalue weighted by molar-refractivity contribution is 7.89. The zero-order chi connectivity index (χ0) is 19.4. The molecule has 2 aromatic rings. The lowest BCUT2D eigenvalue weighted by molar-refractivity contribution is -0.117. The Bertz CT molecular complexity index is 904. The van der Waals surface area contributed by atoms with Crippen LogP contribution in [0.4, 0.5) is 5.82 Å². The van der Waals surface area contributed by atoms with Crippen molar-refractivity contribution in [1.29, 1.82) is 0 Å². The lowest BCUT2D eigenvalue weighted by Crippen LogP contribution is -2.50. The van der Waals surface area contributed by atoms with Gasteiger partial charge in [-0.05, 0) is 19.1 Å². The number of rotatable bonds is 6. The van der Waals surface area contributed by atoms with Crippen LogP contribution in [-0.2, 0) is 14.8 Å². The molecule has 1 aliphatic heterocycles. The summed E-state index contributed by atoms with van der Waals surface area (Å²) in [6.45, 7) is 3.42. The Morgan fingerprint density at radius 2 is 1.96 bits per heavy atom. The van der Waals surface area contributed by atoms with E-state index >= 15 is 0 Å². The molecule has 1 saturated heterocycles. The van der Waals surface area contributed by atoms with Crippen LogP contribution in [0.2, 0.25) is 0 Å². The Morgan fingerprint density at radius 3 is 2.59 bits per heavy atom. The fraction of sp³-hybridized carbons (Fsp3) is 0.412. The summed E-state index contributed by atoms with van der Waals surface area (Å²) in [6.07, 6.45) is 0. The number of aryl methyl sites for hydroxylation is 1. The average Bonchev–Trinajstić information content (AvgIpc) is 3.06. The van der Waals surface area contributed by atoms with Crippen LogP contribution in [0.5, 0.6) is 5.75 Å². The average molecular weight is 394 g/mol. The molecular weight excluding hydrogens is 372 g/mol. The number of carbonyl (C=O) groups excluding carboxylic acids is 1. The summed E-state index contributed by atoms with van der Waals surface area (Å²) in [6, 6.07) is 8.19. The standard InChI is InChI=1S/C17H22N4O5S/c1-13-11-16(19-26-13)18-17(22)12-20-7-9-21(10-8-20)27(23,24)15-6-4-3-5-14(15)25-2/h3-6,11H,7-10,12H2,1-2H3,(H,18,19,22). The minimum atomic E-state index is -3.64. The van der Waals surface area contributed by atoms with E-state index in [1.54, 1.807) is 31.2 Å². The highest BCUT2D eigenvalue weighted by Crippen LogP contribution is 2.26. The van der Waals surface area contributed by atoms with Crippen molar-refractivity contribution in [1.82, 2.24) is 14.4 Å². The van der Waals surface area contributed by atoms with Gasteiger partial charge in [0.15, 0.2) is 5.82 Å². The van der Waals surface area contributed by atoms with Gasteiger partial charge in [-0.3, -0.25) is 9.69 Å². The molecule has 3 rings (SSSR count). The maximum Gasteiger partial charge on any atom is 0.246 e. The number of aromatic nitrogens is 1. The van der Waals surface area contributed by atoms with E-state index in [4.69, 9.17) is 9.26 Å². The summed E-state index contributed by atoms with van der Waals surface area (Å²) in [4.78, 5) is 14.1. The maximum absolute atomic E-state index is 12.9. The monoisotopic (exact) mass is 394 g/mol. The van der Waals surface area contributed by atoms with Crippen molar-refractivity contribution in [3.05, 3.63) is 36.1 Å². The van der Waals surface area contributed by atoms with Crippen molar-refractivity contribution in [3.8, 4) is 5.75 Å². The van der Waals surface area contributed by atoms with Crippen LogP contribution in [0.25, 0.3) is 0 Å². The second kappa shape index (κ2) is 8.07. The molecule has 1 N–H and O–H groups in total. The molecule has 1 aromatic carbocycles. The van der Waals surface area contributed by atoms with Gasteiger partial charge in [0.1, 0.15) is 16.4 Å². The Labute approximate surface area is 157 Å². The summed E-state index contributed by atoms with van der Waals surface area (Å²) < 4.78 is 37.2. The number of sulfonamides is 1. The fourth-order valence-electron chi connectivity index (χ4n) is 2.91. The van der Waals surface area contributed by atoms with E-state index in [1.807, 2.05) is 4.90 Å². The largest absolute Gasteiger partial charge is 0.495 e. The SMILES string of the molecule is COc1ccccc1S(=O)(=O)N1CCN(CC(=O)Nc2cc(C)on2)CC1. The first kappa shape index (κ1) is 19.3. The van der Waals surface area contributed by atoms with E-state index in [0.717, 1.165) is 0 Å². The number of methoxy groups -OCH3 is 1. The number of para-hydroxylation sites is 1. The number of carbonyl (C=O) groups is 1. The first-order chi connectivity index (χ1) is 12.9. The van der Waals surface area contributed by atoms with E-state index in [9.17, 15) is 13.2 Å². The van der Waals surface area contributed by atoms with Crippen LogP contribution in [-0.4, -0.2) is 68.5 Å². The molecule has 0 saturated carbocycles. The summed E-state index contributed by atoms with van der Waals surface area (Å²) in [7, 11) is -2.20. The molecular formula is C17H22N4O5S. The van der Waals surface area contributed by atoms with E-state index in [-0.39, 0.29) is 17.3 Å². The Balaban J connectivity index is 1.57. The van der Waals surface area contributed by atoms with Gasteiger partial charge in [0.25, 0.3) is 0 Å². The number of benzene rings is 1. The van der Waals surface area contributed by atoms with Gasteiger partial charge < -0.3 is 14.6 Å². The van der Waals surface area contributed by atoms with E-state index < -0.39 is 10.0 Å². The molecule has 0 aliphatic carbocycles. The number of piperazine rings is 1. The van der Waals surface area contributed by atoms with Crippen LogP contribution in [0, 0.1) is 6.92 Å². The van der Waals surface area contributed by atoms with Gasteiger partial charge in [-0.2, -0.15) is 4.31 Å². The third-order valence-electron chi connectivity index (χ3n) is 4.28. The first-order valence-electron chi connectivity index (χ1n) is 8.49. The number of ether oxygens (including phenoxy) is 1. The smallest absolute Gasteiger partial charge is 0.246 e. The lowest BCUT2D eigenvalue weighted by Gasteiger charge is -2.33. The van der Waals surface area contributed by atoms with Gasteiger partial charge in [-0.1, -0.05) is 17.3 Å². The summed E-state index contributed by atoms with van der Waals surface area (Å²) in [5.74, 6) is 1.09. The van der Waals surface area contributed by atoms with Crippen molar-refractivity contribution < 1.29 is 22.5 Å². The molecule has 1 amide bonds. The van der Waals surface area contributed by atoms with Gasteiger partial charge in [-0.15, -0.1) is 0 Å². The molecule has 10 heteroatoms. The van der Waals surface area contributed by atoms with Crippen LogP contribution in [0.1, 0.15) is 5.76 Å². The highest BCUT2D eigenvalue weighted by atomic mass is 32.2. The first-order valence-corrected chi connectivity index (χ1v) is 9.93. The van der Waals surface area contributed by atoms with Gasteiger partial charge in [-0.25, -0.2) is 8.42 Å². The van der Waals surface area contributed by atoms with Crippen LogP contribution in [0.3, 0.4) is 0 Å². The Kier molecular flexibility index (Phi) is 5.78. The van der Waals surface area contributed by atoms with E-state index in [1.165, 1.54) is 17.5 Å². The molecule has 1 aliphatic rings.